The predicted molar refractivity (Wildman–Crippen MR) is 108 cm³/mol. The number of methoxy groups -OCH3 is 1. The van der Waals surface area contributed by atoms with Crippen molar-refractivity contribution in [1.82, 2.24) is 5.32 Å². The molecule has 1 aliphatic carbocycles. The molecule has 2 atom stereocenters. The van der Waals surface area contributed by atoms with Crippen LogP contribution < -0.4 is 20.1 Å². The lowest BCUT2D eigenvalue weighted by molar-refractivity contribution is -0.120. The zero-order chi connectivity index (χ0) is 19.9. The van der Waals surface area contributed by atoms with E-state index in [4.69, 9.17) is 9.47 Å². The highest BCUT2D eigenvalue weighted by Gasteiger charge is 2.34. The highest BCUT2D eigenvalue weighted by molar-refractivity contribution is 5.96. The molecule has 0 saturated heterocycles. The minimum Gasteiger partial charge on any atom is -0.497 e. The average Bonchev–Trinajstić information content (AvgIpc) is 3.18. The van der Waals surface area contributed by atoms with Gasteiger partial charge in [-0.3, -0.25) is 9.59 Å². The van der Waals surface area contributed by atoms with Gasteiger partial charge in [-0.25, -0.2) is 0 Å². The molecule has 0 aliphatic heterocycles. The first-order valence-corrected chi connectivity index (χ1v) is 9.59. The molecule has 1 fully saturated rings. The topological polar surface area (TPSA) is 76.7 Å². The molecule has 2 N–H and O–H groups in total. The molecule has 2 amide bonds. The van der Waals surface area contributed by atoms with Crippen molar-refractivity contribution in [3.05, 3.63) is 54.1 Å². The van der Waals surface area contributed by atoms with Crippen LogP contribution in [0.1, 0.15) is 36.5 Å². The molecule has 28 heavy (non-hydrogen) atoms. The quantitative estimate of drug-likeness (QED) is 0.767. The van der Waals surface area contributed by atoms with Crippen LogP contribution in [0.15, 0.2) is 48.5 Å². The molecule has 1 aliphatic rings. The van der Waals surface area contributed by atoms with Crippen LogP contribution in [0.25, 0.3) is 0 Å². The summed E-state index contributed by atoms with van der Waals surface area (Å²) in [6.07, 6.45) is 2.47. The molecule has 0 aromatic heterocycles. The first-order chi connectivity index (χ1) is 13.6. The Labute approximate surface area is 165 Å². The van der Waals surface area contributed by atoms with Gasteiger partial charge >= 0.3 is 0 Å². The lowest BCUT2D eigenvalue weighted by Gasteiger charge is -2.21. The number of anilines is 1. The Bertz CT molecular complexity index is 802. The van der Waals surface area contributed by atoms with Crippen LogP contribution in [0.3, 0.4) is 0 Å². The Morgan fingerprint density at radius 1 is 1.00 bits per heavy atom. The molecule has 1 saturated carbocycles. The van der Waals surface area contributed by atoms with Crippen LogP contribution in [0.2, 0.25) is 0 Å². The maximum Gasteiger partial charge on any atom is 0.251 e. The first-order valence-electron chi connectivity index (χ1n) is 9.59. The normalized spacial score (nSPS) is 18.4. The third-order valence-electron chi connectivity index (χ3n) is 4.95. The molecule has 6 heteroatoms. The largest absolute Gasteiger partial charge is 0.497 e. The highest BCUT2D eigenvalue weighted by Crippen LogP contribution is 2.28. The fourth-order valence-electron chi connectivity index (χ4n) is 3.48. The van der Waals surface area contributed by atoms with Crippen molar-refractivity contribution in [3.8, 4) is 11.5 Å². The molecule has 3 rings (SSSR count). The van der Waals surface area contributed by atoms with E-state index in [1.807, 2.05) is 31.2 Å². The Morgan fingerprint density at radius 3 is 2.32 bits per heavy atom. The molecular weight excluding hydrogens is 356 g/mol. The third kappa shape index (κ3) is 4.82. The lowest BCUT2D eigenvalue weighted by atomic mass is 10.0. The van der Waals surface area contributed by atoms with E-state index in [0.29, 0.717) is 17.9 Å². The maximum absolute atomic E-state index is 12.7. The summed E-state index contributed by atoms with van der Waals surface area (Å²) in [4.78, 5) is 25.3. The molecule has 2 aromatic carbocycles. The minimum absolute atomic E-state index is 0.0679. The standard InChI is InChI=1S/C22H26N2O4/c1-3-28-18-13-9-16(10-14-18)23-22(26)19-5-4-6-20(19)24-21(25)15-7-11-17(27-2)12-8-15/h7-14,19-20H,3-6H2,1-2H3,(H,23,26)(H,24,25)/t19-,20+/m0/s1. The van der Waals surface area contributed by atoms with Crippen LogP contribution in [0.5, 0.6) is 11.5 Å². The molecule has 148 valence electrons. The van der Waals surface area contributed by atoms with Gasteiger partial charge in [-0.05, 0) is 68.3 Å². The van der Waals surface area contributed by atoms with Crippen molar-refractivity contribution < 1.29 is 19.1 Å². The number of hydrogen-bond donors (Lipinski definition) is 2. The second kappa shape index (κ2) is 9.26. The van der Waals surface area contributed by atoms with E-state index >= 15 is 0 Å². The molecule has 0 spiro atoms. The molecule has 0 bridgehead atoms. The average molecular weight is 382 g/mol. The Kier molecular flexibility index (Phi) is 6.53. The molecule has 2 aromatic rings. The van der Waals surface area contributed by atoms with Gasteiger partial charge in [0.2, 0.25) is 5.91 Å². The van der Waals surface area contributed by atoms with E-state index in [-0.39, 0.29) is 23.8 Å². The van der Waals surface area contributed by atoms with Crippen molar-refractivity contribution >= 4 is 17.5 Å². The van der Waals surface area contributed by atoms with Gasteiger partial charge in [0.05, 0.1) is 19.6 Å². The Morgan fingerprint density at radius 2 is 1.68 bits per heavy atom. The summed E-state index contributed by atoms with van der Waals surface area (Å²) in [6.45, 7) is 2.53. The van der Waals surface area contributed by atoms with Crippen LogP contribution >= 0.6 is 0 Å². The van der Waals surface area contributed by atoms with Gasteiger partial charge in [-0.2, -0.15) is 0 Å². The van der Waals surface area contributed by atoms with Gasteiger partial charge in [-0.1, -0.05) is 6.42 Å². The summed E-state index contributed by atoms with van der Waals surface area (Å²) >= 11 is 0. The second-order valence-electron chi connectivity index (χ2n) is 6.79. The van der Waals surface area contributed by atoms with Crippen molar-refractivity contribution in [2.45, 2.75) is 32.2 Å². The van der Waals surface area contributed by atoms with Crippen LogP contribution in [0, 0.1) is 5.92 Å². The number of benzene rings is 2. The number of hydrogen-bond acceptors (Lipinski definition) is 4. The summed E-state index contributed by atoms with van der Waals surface area (Å²) in [5.74, 6) is 0.986. The number of rotatable bonds is 7. The number of ether oxygens (including phenoxy) is 2. The monoisotopic (exact) mass is 382 g/mol. The highest BCUT2D eigenvalue weighted by atomic mass is 16.5. The van der Waals surface area contributed by atoms with E-state index in [1.165, 1.54) is 0 Å². The Hall–Kier alpha value is -3.02. The van der Waals surface area contributed by atoms with E-state index in [1.54, 1.807) is 31.4 Å². The maximum atomic E-state index is 12.7. The van der Waals surface area contributed by atoms with Crippen molar-refractivity contribution in [2.24, 2.45) is 5.92 Å². The second-order valence-corrected chi connectivity index (χ2v) is 6.79. The zero-order valence-corrected chi connectivity index (χ0v) is 16.2. The van der Waals surface area contributed by atoms with Gasteiger partial charge in [0, 0.05) is 17.3 Å². The van der Waals surface area contributed by atoms with Gasteiger partial charge in [0.1, 0.15) is 11.5 Å². The minimum atomic E-state index is -0.242. The SMILES string of the molecule is CCOc1ccc(NC(=O)[C@H]2CCC[C@H]2NC(=O)c2ccc(OC)cc2)cc1. The van der Waals surface area contributed by atoms with Crippen LogP contribution in [0.4, 0.5) is 5.69 Å². The molecular formula is C22H26N2O4. The van der Waals surface area contributed by atoms with Crippen molar-refractivity contribution in [1.29, 1.82) is 0 Å². The van der Waals surface area contributed by atoms with Gasteiger partial charge in [0.25, 0.3) is 5.91 Å². The number of carbonyl (C=O) groups excluding carboxylic acids is 2. The zero-order valence-electron chi connectivity index (χ0n) is 16.2. The number of nitrogens with one attached hydrogen (secondary N) is 2. The van der Waals surface area contributed by atoms with Gasteiger partial charge in [-0.15, -0.1) is 0 Å². The van der Waals surface area contributed by atoms with E-state index in [2.05, 4.69) is 10.6 Å². The summed E-state index contributed by atoms with van der Waals surface area (Å²) < 4.78 is 10.5. The van der Waals surface area contributed by atoms with Gasteiger partial charge in [0.15, 0.2) is 0 Å². The first kappa shape index (κ1) is 19.7. The summed E-state index contributed by atoms with van der Waals surface area (Å²) in [5, 5.41) is 5.96. The third-order valence-corrected chi connectivity index (χ3v) is 4.95. The summed E-state index contributed by atoms with van der Waals surface area (Å²) in [7, 11) is 1.58. The van der Waals surface area contributed by atoms with E-state index in [9.17, 15) is 9.59 Å². The van der Waals surface area contributed by atoms with Crippen LogP contribution in [-0.2, 0) is 4.79 Å². The molecule has 6 nitrogen and oxygen atoms in total. The fraction of sp³-hybridized carbons (Fsp3) is 0.364. The van der Waals surface area contributed by atoms with Crippen molar-refractivity contribution in [2.75, 3.05) is 19.0 Å². The molecule has 0 unspecified atom stereocenters. The predicted octanol–water partition coefficient (Wildman–Crippen LogP) is 3.63. The Balaban J connectivity index is 1.59. The smallest absolute Gasteiger partial charge is 0.251 e. The van der Waals surface area contributed by atoms with Gasteiger partial charge < -0.3 is 20.1 Å². The van der Waals surface area contributed by atoms with E-state index < -0.39 is 0 Å². The number of carbonyl (C=O) groups is 2. The van der Waals surface area contributed by atoms with E-state index in [0.717, 1.165) is 30.7 Å². The summed E-state index contributed by atoms with van der Waals surface area (Å²) in [5.41, 5.74) is 1.28. The molecule has 0 radical (unpaired) electrons. The molecule has 0 heterocycles. The van der Waals surface area contributed by atoms with Crippen molar-refractivity contribution in [3.63, 3.8) is 0 Å². The summed E-state index contributed by atoms with van der Waals surface area (Å²) in [6, 6.07) is 14.1. The number of amides is 2. The fourth-order valence-corrected chi connectivity index (χ4v) is 3.48. The van der Waals surface area contributed by atoms with Crippen LogP contribution in [-0.4, -0.2) is 31.6 Å². The lowest BCUT2D eigenvalue weighted by Crippen LogP contribution is -2.41.